The molecule has 0 saturated heterocycles. The summed E-state index contributed by atoms with van der Waals surface area (Å²) in [5.74, 6) is 0.953. The zero-order valence-electron chi connectivity index (χ0n) is 7.42. The van der Waals surface area contributed by atoms with Gasteiger partial charge in [0.25, 0.3) is 0 Å². The van der Waals surface area contributed by atoms with Crippen LogP contribution in [0.3, 0.4) is 0 Å². The fourth-order valence-electron chi connectivity index (χ4n) is 1.34. The van der Waals surface area contributed by atoms with Crippen molar-refractivity contribution in [3.05, 3.63) is 24.3 Å². The number of fused-ring (bicyclic) bond motifs is 1. The summed E-state index contributed by atoms with van der Waals surface area (Å²) in [6.07, 6.45) is 0. The van der Waals surface area contributed by atoms with E-state index < -0.39 is 0 Å². The number of anilines is 1. The Morgan fingerprint density at radius 3 is 2.92 bits per heavy atom. The summed E-state index contributed by atoms with van der Waals surface area (Å²) in [7, 11) is 0. The van der Waals surface area contributed by atoms with Crippen LogP contribution in [0.5, 0.6) is 5.75 Å². The fraction of sp³-hybridized carbons (Fsp3) is 0.400. The maximum absolute atomic E-state index is 5.76. The molecule has 1 aliphatic heterocycles. The van der Waals surface area contributed by atoms with E-state index in [9.17, 15) is 0 Å². The Morgan fingerprint density at radius 2 is 2.08 bits per heavy atom. The summed E-state index contributed by atoms with van der Waals surface area (Å²) in [6.45, 7) is 5.02. The summed E-state index contributed by atoms with van der Waals surface area (Å²) in [6, 6.07) is 8.02. The minimum atomic E-state index is -0.0889. The van der Waals surface area contributed by atoms with Crippen molar-refractivity contribution in [2.45, 2.75) is 19.4 Å². The monoisotopic (exact) mass is 163 g/mol. The highest BCUT2D eigenvalue weighted by atomic mass is 16.5. The van der Waals surface area contributed by atoms with Crippen molar-refractivity contribution in [2.75, 3.05) is 11.9 Å². The van der Waals surface area contributed by atoms with Crippen molar-refractivity contribution >= 4 is 5.69 Å². The first-order valence-electron chi connectivity index (χ1n) is 4.19. The molecule has 0 radical (unpaired) electrons. The van der Waals surface area contributed by atoms with Gasteiger partial charge in [-0.2, -0.15) is 0 Å². The molecule has 0 amide bonds. The van der Waals surface area contributed by atoms with Gasteiger partial charge in [0.15, 0.2) is 0 Å². The van der Waals surface area contributed by atoms with Crippen LogP contribution in [0.4, 0.5) is 5.69 Å². The molecule has 0 saturated carbocycles. The van der Waals surface area contributed by atoms with Gasteiger partial charge in [0.1, 0.15) is 11.4 Å². The van der Waals surface area contributed by atoms with Gasteiger partial charge >= 0.3 is 0 Å². The maximum Gasteiger partial charge on any atom is 0.143 e. The summed E-state index contributed by atoms with van der Waals surface area (Å²) >= 11 is 0. The van der Waals surface area contributed by atoms with E-state index in [-0.39, 0.29) is 5.60 Å². The van der Waals surface area contributed by atoms with E-state index in [4.69, 9.17) is 4.74 Å². The lowest BCUT2D eigenvalue weighted by molar-refractivity contribution is 0.116. The van der Waals surface area contributed by atoms with Gasteiger partial charge in [-0.05, 0) is 26.0 Å². The Kier molecular flexibility index (Phi) is 1.50. The molecular weight excluding hydrogens is 150 g/mol. The quantitative estimate of drug-likeness (QED) is 0.633. The third-order valence-electron chi connectivity index (χ3n) is 1.98. The molecule has 2 heteroatoms. The lowest BCUT2D eigenvalue weighted by Crippen LogP contribution is -2.39. The van der Waals surface area contributed by atoms with Crippen molar-refractivity contribution in [3.63, 3.8) is 0 Å². The van der Waals surface area contributed by atoms with Crippen LogP contribution in [-0.4, -0.2) is 12.1 Å². The zero-order chi connectivity index (χ0) is 8.60. The van der Waals surface area contributed by atoms with E-state index in [1.54, 1.807) is 0 Å². The predicted molar refractivity (Wildman–Crippen MR) is 49.6 cm³/mol. The first kappa shape index (κ1) is 7.47. The summed E-state index contributed by atoms with van der Waals surface area (Å²) in [4.78, 5) is 0. The zero-order valence-corrected chi connectivity index (χ0v) is 7.42. The van der Waals surface area contributed by atoms with Crippen LogP contribution >= 0.6 is 0 Å². The fourth-order valence-corrected chi connectivity index (χ4v) is 1.34. The smallest absolute Gasteiger partial charge is 0.143 e. The van der Waals surface area contributed by atoms with E-state index in [0.717, 1.165) is 18.0 Å². The van der Waals surface area contributed by atoms with Crippen molar-refractivity contribution in [1.29, 1.82) is 0 Å². The molecule has 0 bridgehead atoms. The third-order valence-corrected chi connectivity index (χ3v) is 1.98. The van der Waals surface area contributed by atoms with Gasteiger partial charge < -0.3 is 10.1 Å². The van der Waals surface area contributed by atoms with Crippen molar-refractivity contribution in [2.24, 2.45) is 0 Å². The topological polar surface area (TPSA) is 21.3 Å². The number of para-hydroxylation sites is 2. The highest BCUT2D eigenvalue weighted by Gasteiger charge is 2.25. The van der Waals surface area contributed by atoms with Crippen molar-refractivity contribution in [3.8, 4) is 5.75 Å². The molecule has 1 N–H and O–H groups in total. The highest BCUT2D eigenvalue weighted by molar-refractivity contribution is 5.58. The van der Waals surface area contributed by atoms with Crippen LogP contribution < -0.4 is 10.1 Å². The molecule has 2 rings (SSSR count). The van der Waals surface area contributed by atoms with Crippen LogP contribution in [0, 0.1) is 0 Å². The van der Waals surface area contributed by atoms with Crippen molar-refractivity contribution < 1.29 is 4.74 Å². The normalized spacial score (nSPS) is 18.8. The number of hydrogen-bond acceptors (Lipinski definition) is 2. The van der Waals surface area contributed by atoms with Crippen LogP contribution in [0.25, 0.3) is 0 Å². The Labute approximate surface area is 72.5 Å². The lowest BCUT2D eigenvalue weighted by Gasteiger charge is -2.33. The molecule has 1 aliphatic rings. The van der Waals surface area contributed by atoms with Gasteiger partial charge in [-0.3, -0.25) is 0 Å². The van der Waals surface area contributed by atoms with E-state index in [2.05, 4.69) is 19.2 Å². The molecule has 1 heterocycles. The first-order valence-corrected chi connectivity index (χ1v) is 4.19. The first-order chi connectivity index (χ1) is 5.67. The second-order valence-electron chi connectivity index (χ2n) is 3.71. The van der Waals surface area contributed by atoms with E-state index in [0.29, 0.717) is 0 Å². The van der Waals surface area contributed by atoms with Gasteiger partial charge in [-0.1, -0.05) is 12.1 Å². The number of hydrogen-bond donors (Lipinski definition) is 1. The van der Waals surface area contributed by atoms with E-state index in [1.165, 1.54) is 0 Å². The number of benzene rings is 1. The van der Waals surface area contributed by atoms with E-state index in [1.807, 2.05) is 24.3 Å². The number of ether oxygens (including phenoxy) is 1. The Balaban J connectivity index is 2.35. The van der Waals surface area contributed by atoms with Crippen LogP contribution in [0.1, 0.15) is 13.8 Å². The average Bonchev–Trinajstić information content (AvgIpc) is 2.02. The van der Waals surface area contributed by atoms with Crippen LogP contribution in [0.15, 0.2) is 24.3 Å². The second-order valence-corrected chi connectivity index (χ2v) is 3.71. The molecule has 0 fully saturated rings. The van der Waals surface area contributed by atoms with Gasteiger partial charge in [-0.15, -0.1) is 0 Å². The maximum atomic E-state index is 5.76. The van der Waals surface area contributed by atoms with Crippen LogP contribution in [0.2, 0.25) is 0 Å². The Morgan fingerprint density at radius 1 is 1.33 bits per heavy atom. The van der Waals surface area contributed by atoms with Crippen molar-refractivity contribution in [1.82, 2.24) is 0 Å². The van der Waals surface area contributed by atoms with Gasteiger partial charge in [0, 0.05) is 0 Å². The largest absolute Gasteiger partial charge is 0.484 e. The summed E-state index contributed by atoms with van der Waals surface area (Å²) in [5, 5.41) is 3.33. The molecule has 0 spiro atoms. The molecule has 1 aromatic carbocycles. The third kappa shape index (κ3) is 1.24. The molecule has 64 valence electrons. The second kappa shape index (κ2) is 2.41. The Bertz CT molecular complexity index is 294. The SMILES string of the molecule is CC1(C)CNc2ccccc2O1. The number of nitrogens with one attached hydrogen (secondary N) is 1. The molecule has 0 aromatic heterocycles. The Hall–Kier alpha value is -1.18. The summed E-state index contributed by atoms with van der Waals surface area (Å²) in [5.41, 5.74) is 1.01. The van der Waals surface area contributed by atoms with Gasteiger partial charge in [-0.25, -0.2) is 0 Å². The van der Waals surface area contributed by atoms with E-state index >= 15 is 0 Å². The molecule has 2 nitrogen and oxygen atoms in total. The van der Waals surface area contributed by atoms with Gasteiger partial charge in [0.2, 0.25) is 0 Å². The van der Waals surface area contributed by atoms with Gasteiger partial charge in [0.05, 0.1) is 12.2 Å². The molecule has 12 heavy (non-hydrogen) atoms. The molecule has 0 unspecified atom stereocenters. The number of rotatable bonds is 0. The molecule has 0 aliphatic carbocycles. The minimum absolute atomic E-state index is 0.0889. The lowest BCUT2D eigenvalue weighted by atomic mass is 10.1. The molecular formula is C10H13NO. The highest BCUT2D eigenvalue weighted by Crippen LogP contribution is 2.31. The average molecular weight is 163 g/mol. The van der Waals surface area contributed by atoms with Crippen LogP contribution in [-0.2, 0) is 0 Å². The summed E-state index contributed by atoms with van der Waals surface area (Å²) < 4.78 is 5.76. The minimum Gasteiger partial charge on any atom is -0.484 e. The predicted octanol–water partition coefficient (Wildman–Crippen LogP) is 2.27. The standard InChI is InChI=1S/C10H13NO/c1-10(2)7-11-8-5-3-4-6-9(8)12-10/h3-6,11H,7H2,1-2H3. The molecule has 1 aromatic rings. The molecule has 0 atom stereocenters.